The molecule has 5 heteroatoms. The Morgan fingerprint density at radius 3 is 2.70 bits per heavy atom. The summed E-state index contributed by atoms with van der Waals surface area (Å²) in [5, 5.41) is 1.10. The highest BCUT2D eigenvalue weighted by Gasteiger charge is 2.15. The molecule has 0 aromatic carbocycles. The predicted octanol–water partition coefficient (Wildman–Crippen LogP) is 4.51. The van der Waals surface area contributed by atoms with Crippen molar-refractivity contribution in [2.75, 3.05) is 0 Å². The first-order chi connectivity index (χ1) is 13.2. The third-order valence-corrected chi connectivity index (χ3v) is 4.82. The molecule has 0 radical (unpaired) electrons. The first-order valence-corrected chi connectivity index (χ1v) is 9.34. The van der Waals surface area contributed by atoms with Crippen molar-refractivity contribution in [2.24, 2.45) is 0 Å². The Morgan fingerprint density at radius 2 is 1.89 bits per heavy atom. The van der Waals surface area contributed by atoms with Crippen molar-refractivity contribution in [3.05, 3.63) is 71.6 Å². The Hall–Kier alpha value is -3.08. The summed E-state index contributed by atoms with van der Waals surface area (Å²) in [5.74, 6) is 0.870. The van der Waals surface area contributed by atoms with Crippen molar-refractivity contribution in [2.45, 2.75) is 40.2 Å². The van der Waals surface area contributed by atoms with Crippen LogP contribution in [0.3, 0.4) is 0 Å². The SMILES string of the molecule is CCCc1c(Cn2ccnc2-c2ncccc2C)ncc2ccc(C)nc12. The Morgan fingerprint density at radius 1 is 1.00 bits per heavy atom. The van der Waals surface area contributed by atoms with Crippen LogP contribution in [0.4, 0.5) is 0 Å². The van der Waals surface area contributed by atoms with Crippen LogP contribution in [0.1, 0.15) is 35.9 Å². The van der Waals surface area contributed by atoms with Gasteiger partial charge in [0.1, 0.15) is 5.69 Å². The third-order valence-electron chi connectivity index (χ3n) is 4.82. The third kappa shape index (κ3) is 3.33. The van der Waals surface area contributed by atoms with Crippen LogP contribution in [0.25, 0.3) is 22.4 Å². The Labute approximate surface area is 159 Å². The van der Waals surface area contributed by atoms with E-state index in [2.05, 4.69) is 40.5 Å². The van der Waals surface area contributed by atoms with Crippen LogP contribution in [0.2, 0.25) is 0 Å². The van der Waals surface area contributed by atoms with Crippen LogP contribution >= 0.6 is 0 Å². The first kappa shape index (κ1) is 17.3. The molecule has 0 saturated heterocycles. The minimum absolute atomic E-state index is 0.659. The van der Waals surface area contributed by atoms with Crippen LogP contribution in [0, 0.1) is 13.8 Å². The van der Waals surface area contributed by atoms with Crippen LogP contribution in [-0.2, 0) is 13.0 Å². The molecule has 0 aliphatic carbocycles. The van der Waals surface area contributed by atoms with E-state index in [9.17, 15) is 0 Å². The van der Waals surface area contributed by atoms with Gasteiger partial charge in [0.05, 0.1) is 17.8 Å². The maximum atomic E-state index is 4.80. The first-order valence-electron chi connectivity index (χ1n) is 9.34. The molecule has 0 fully saturated rings. The lowest BCUT2D eigenvalue weighted by molar-refractivity contribution is 0.759. The number of hydrogen-bond acceptors (Lipinski definition) is 4. The lowest BCUT2D eigenvalue weighted by Crippen LogP contribution is -2.08. The van der Waals surface area contributed by atoms with E-state index in [1.54, 1.807) is 0 Å². The zero-order chi connectivity index (χ0) is 18.8. The minimum atomic E-state index is 0.659. The highest BCUT2D eigenvalue weighted by molar-refractivity contribution is 5.81. The van der Waals surface area contributed by atoms with Gasteiger partial charge >= 0.3 is 0 Å². The molecule has 0 unspecified atom stereocenters. The molecule has 0 N–H and O–H groups in total. The standard InChI is InChI=1S/C22H23N5/c1-4-6-18-19(25-13-17-9-8-16(3)26-21(17)18)14-27-12-11-24-22(27)20-15(2)7-5-10-23-20/h5,7-13H,4,6,14H2,1-3H3. The summed E-state index contributed by atoms with van der Waals surface area (Å²) in [7, 11) is 0. The maximum absolute atomic E-state index is 4.80. The fourth-order valence-electron chi connectivity index (χ4n) is 3.46. The molecule has 0 amide bonds. The molecule has 0 atom stereocenters. The number of nitrogens with zero attached hydrogens (tertiary/aromatic N) is 5. The summed E-state index contributed by atoms with van der Waals surface area (Å²) >= 11 is 0. The van der Waals surface area contributed by atoms with Gasteiger partial charge in [-0.15, -0.1) is 0 Å². The van der Waals surface area contributed by atoms with Crippen LogP contribution in [0.15, 0.2) is 49.1 Å². The van der Waals surface area contributed by atoms with Gasteiger partial charge in [-0.25, -0.2) is 4.98 Å². The zero-order valence-electron chi connectivity index (χ0n) is 16.0. The molecule has 0 bridgehead atoms. The molecule has 4 aromatic heterocycles. The van der Waals surface area contributed by atoms with Crippen LogP contribution < -0.4 is 0 Å². The van der Waals surface area contributed by atoms with E-state index in [1.807, 2.05) is 43.8 Å². The summed E-state index contributed by atoms with van der Waals surface area (Å²) in [5.41, 5.74) is 6.41. The van der Waals surface area contributed by atoms with E-state index in [4.69, 9.17) is 9.97 Å². The average molecular weight is 357 g/mol. The second-order valence-electron chi connectivity index (χ2n) is 6.87. The summed E-state index contributed by atoms with van der Waals surface area (Å²) in [4.78, 5) is 18.7. The van der Waals surface area contributed by atoms with E-state index in [0.29, 0.717) is 6.54 Å². The lowest BCUT2D eigenvalue weighted by Gasteiger charge is -2.14. The Balaban J connectivity index is 1.80. The van der Waals surface area contributed by atoms with Crippen LogP contribution in [0.5, 0.6) is 0 Å². The van der Waals surface area contributed by atoms with Gasteiger partial charge in [0.25, 0.3) is 0 Å². The molecule has 136 valence electrons. The van der Waals surface area contributed by atoms with Gasteiger partial charge in [-0.05, 0) is 44.0 Å². The fraction of sp³-hybridized carbons (Fsp3) is 0.273. The van der Waals surface area contributed by atoms with Gasteiger partial charge in [-0.1, -0.05) is 19.4 Å². The van der Waals surface area contributed by atoms with Gasteiger partial charge in [0.2, 0.25) is 0 Å². The largest absolute Gasteiger partial charge is 0.324 e. The molecule has 0 saturated carbocycles. The van der Waals surface area contributed by atoms with Gasteiger partial charge < -0.3 is 4.57 Å². The Bertz CT molecular complexity index is 1100. The molecular formula is C22H23N5. The van der Waals surface area contributed by atoms with Gasteiger partial charge in [-0.3, -0.25) is 15.0 Å². The van der Waals surface area contributed by atoms with Crippen molar-refractivity contribution in [1.29, 1.82) is 0 Å². The number of imidazole rings is 1. The quantitative estimate of drug-likeness (QED) is 0.527. The fourth-order valence-corrected chi connectivity index (χ4v) is 3.46. The van der Waals surface area contributed by atoms with E-state index in [1.165, 1.54) is 5.56 Å². The van der Waals surface area contributed by atoms with Crippen LogP contribution in [-0.4, -0.2) is 24.5 Å². The number of fused-ring (bicyclic) bond motifs is 1. The highest BCUT2D eigenvalue weighted by Crippen LogP contribution is 2.24. The number of aromatic nitrogens is 5. The van der Waals surface area contributed by atoms with E-state index in [-0.39, 0.29) is 0 Å². The molecule has 0 spiro atoms. The molecule has 4 aromatic rings. The summed E-state index contributed by atoms with van der Waals surface area (Å²) in [6.07, 6.45) is 9.58. The zero-order valence-corrected chi connectivity index (χ0v) is 16.0. The van der Waals surface area contributed by atoms with Crippen molar-refractivity contribution in [3.63, 3.8) is 0 Å². The van der Waals surface area contributed by atoms with Gasteiger partial charge in [0, 0.05) is 41.4 Å². The monoisotopic (exact) mass is 357 g/mol. The smallest absolute Gasteiger partial charge is 0.159 e. The molecule has 27 heavy (non-hydrogen) atoms. The van der Waals surface area contributed by atoms with Crippen molar-refractivity contribution >= 4 is 10.9 Å². The number of aryl methyl sites for hydroxylation is 3. The minimum Gasteiger partial charge on any atom is -0.324 e. The predicted molar refractivity (Wildman–Crippen MR) is 108 cm³/mol. The van der Waals surface area contributed by atoms with Gasteiger partial charge in [0.15, 0.2) is 5.82 Å². The van der Waals surface area contributed by atoms with Crippen molar-refractivity contribution in [3.8, 4) is 11.5 Å². The maximum Gasteiger partial charge on any atom is 0.159 e. The van der Waals surface area contributed by atoms with Gasteiger partial charge in [-0.2, -0.15) is 0 Å². The van der Waals surface area contributed by atoms with Crippen molar-refractivity contribution < 1.29 is 0 Å². The Kier molecular flexibility index (Phi) is 4.67. The van der Waals surface area contributed by atoms with E-state index >= 15 is 0 Å². The van der Waals surface area contributed by atoms with E-state index in [0.717, 1.165) is 52.2 Å². The highest BCUT2D eigenvalue weighted by atomic mass is 15.1. The molecule has 4 rings (SSSR count). The second kappa shape index (κ2) is 7.27. The molecule has 0 aliphatic rings. The summed E-state index contributed by atoms with van der Waals surface area (Å²) in [6, 6.07) is 8.15. The van der Waals surface area contributed by atoms with Crippen molar-refractivity contribution in [1.82, 2.24) is 24.5 Å². The molecule has 4 heterocycles. The number of rotatable bonds is 5. The summed E-state index contributed by atoms with van der Waals surface area (Å²) < 4.78 is 2.12. The molecular weight excluding hydrogens is 334 g/mol. The van der Waals surface area contributed by atoms with E-state index < -0.39 is 0 Å². The molecule has 5 nitrogen and oxygen atoms in total. The number of hydrogen-bond donors (Lipinski definition) is 0. The second-order valence-corrected chi connectivity index (χ2v) is 6.87. The topological polar surface area (TPSA) is 56.5 Å². The summed E-state index contributed by atoms with van der Waals surface area (Å²) in [6.45, 7) is 6.95. The number of pyridine rings is 3. The normalized spacial score (nSPS) is 11.2. The molecule has 0 aliphatic heterocycles. The average Bonchev–Trinajstić information content (AvgIpc) is 3.12. The lowest BCUT2D eigenvalue weighted by atomic mass is 10.0.